The molecule has 0 fully saturated rings. The van der Waals surface area contributed by atoms with E-state index in [9.17, 15) is 9.59 Å². The van der Waals surface area contributed by atoms with Gasteiger partial charge in [0.25, 0.3) is 0 Å². The molecule has 10 heteroatoms. The third kappa shape index (κ3) is 6.57. The summed E-state index contributed by atoms with van der Waals surface area (Å²) in [5, 5.41) is 0. The first-order valence-corrected chi connectivity index (χ1v) is 17.6. The molecule has 7 rings (SSSR count). The molecule has 3 aliphatic rings. The van der Waals surface area contributed by atoms with E-state index in [0.29, 0.717) is 40.7 Å². The van der Waals surface area contributed by atoms with Crippen molar-refractivity contribution in [3.05, 3.63) is 112 Å². The molecule has 0 radical (unpaired) electrons. The van der Waals surface area contributed by atoms with Crippen LogP contribution < -0.4 is 23.7 Å². The zero-order chi connectivity index (χ0) is 37.0. The number of hydrogen-bond donors (Lipinski definition) is 0. The summed E-state index contributed by atoms with van der Waals surface area (Å²) in [5.41, 5.74) is 4.86. The molecule has 0 spiro atoms. The Balaban J connectivity index is 0.000000188. The van der Waals surface area contributed by atoms with Gasteiger partial charge in [-0.05, 0) is 69.4 Å². The number of nitrogens with zero attached hydrogens (tertiary/aromatic N) is 2. The van der Waals surface area contributed by atoms with Gasteiger partial charge >= 0.3 is 5.97 Å². The number of rotatable bonds is 11. The minimum absolute atomic E-state index is 0.160. The highest BCUT2D eigenvalue weighted by Crippen LogP contribution is 2.55. The van der Waals surface area contributed by atoms with E-state index in [-0.39, 0.29) is 18.6 Å². The summed E-state index contributed by atoms with van der Waals surface area (Å²) in [6, 6.07) is 25.8. The molecular formula is C42H48N2O8. The van der Waals surface area contributed by atoms with E-state index in [4.69, 9.17) is 28.4 Å². The van der Waals surface area contributed by atoms with Crippen molar-refractivity contribution in [3.63, 3.8) is 0 Å². The average Bonchev–Trinajstić information content (AvgIpc) is 3.78. The van der Waals surface area contributed by atoms with E-state index >= 15 is 0 Å². The molecule has 274 valence electrons. The van der Waals surface area contributed by atoms with Crippen molar-refractivity contribution in [1.29, 1.82) is 0 Å². The van der Waals surface area contributed by atoms with Crippen LogP contribution in [0, 0.1) is 0 Å². The number of fused-ring (bicyclic) bond motifs is 3. The minimum Gasteiger partial charge on any atom is -0.493 e. The van der Waals surface area contributed by atoms with Crippen LogP contribution in [0.1, 0.15) is 70.1 Å². The molecule has 0 bridgehead atoms. The zero-order valence-electron chi connectivity index (χ0n) is 31.1. The van der Waals surface area contributed by atoms with Crippen molar-refractivity contribution >= 4 is 11.8 Å². The number of likely N-dealkylation sites (N-methyl/N-ethyl adjacent to an activating group) is 1. The number of hydrogen-bond acceptors (Lipinski definition) is 10. The van der Waals surface area contributed by atoms with Crippen molar-refractivity contribution in [1.82, 2.24) is 9.80 Å². The van der Waals surface area contributed by atoms with Gasteiger partial charge in [0, 0.05) is 24.1 Å². The largest absolute Gasteiger partial charge is 0.493 e. The fourth-order valence-corrected chi connectivity index (χ4v) is 7.77. The van der Waals surface area contributed by atoms with Crippen LogP contribution in [0.4, 0.5) is 0 Å². The maximum absolute atomic E-state index is 13.0. The lowest BCUT2D eigenvalue weighted by Crippen LogP contribution is -2.39. The molecule has 10 nitrogen and oxygen atoms in total. The Kier molecular flexibility index (Phi) is 11.1. The van der Waals surface area contributed by atoms with Crippen LogP contribution in [0.2, 0.25) is 0 Å². The first kappa shape index (κ1) is 36.7. The van der Waals surface area contributed by atoms with Gasteiger partial charge in [-0.15, -0.1) is 0 Å². The van der Waals surface area contributed by atoms with Crippen LogP contribution in [0.3, 0.4) is 0 Å². The topological polar surface area (TPSA) is 96.0 Å². The van der Waals surface area contributed by atoms with Crippen LogP contribution in [0.5, 0.6) is 28.7 Å². The number of Topliss-reactive ketones (excluding diaryl/α,β-unsaturated/α-hetero) is 1. The summed E-state index contributed by atoms with van der Waals surface area (Å²) < 4.78 is 33.8. The van der Waals surface area contributed by atoms with Crippen molar-refractivity contribution in [3.8, 4) is 28.7 Å². The van der Waals surface area contributed by atoms with Crippen molar-refractivity contribution in [2.45, 2.75) is 43.7 Å². The molecule has 4 aromatic rings. The summed E-state index contributed by atoms with van der Waals surface area (Å²) in [7, 11) is 10.8. The van der Waals surface area contributed by atoms with Crippen LogP contribution in [-0.2, 0) is 21.4 Å². The Bertz CT molecular complexity index is 1860. The lowest BCUT2D eigenvalue weighted by molar-refractivity contribution is -0.123. The maximum Gasteiger partial charge on any atom is 0.343 e. The van der Waals surface area contributed by atoms with E-state index in [1.165, 1.54) is 7.11 Å². The minimum atomic E-state index is -0.554. The van der Waals surface area contributed by atoms with Gasteiger partial charge in [0.15, 0.2) is 23.0 Å². The van der Waals surface area contributed by atoms with E-state index in [2.05, 4.69) is 48.2 Å². The second kappa shape index (κ2) is 15.7. The number of cyclic esters (lactones) is 1. The highest BCUT2D eigenvalue weighted by Gasteiger charge is 2.46. The number of ketones is 1. The van der Waals surface area contributed by atoms with E-state index < -0.39 is 17.5 Å². The van der Waals surface area contributed by atoms with Crippen LogP contribution in [0.15, 0.2) is 78.9 Å². The molecule has 0 aromatic heterocycles. The quantitative estimate of drug-likeness (QED) is 0.155. The van der Waals surface area contributed by atoms with E-state index in [1.54, 1.807) is 20.3 Å². The van der Waals surface area contributed by atoms with E-state index in [1.807, 2.05) is 62.5 Å². The van der Waals surface area contributed by atoms with Crippen LogP contribution >= 0.6 is 0 Å². The molecule has 4 aromatic carbocycles. The number of carbonyl (C=O) groups is 2. The Morgan fingerprint density at radius 3 is 2.13 bits per heavy atom. The Morgan fingerprint density at radius 1 is 0.904 bits per heavy atom. The standard InChI is InChI=1S/C22H23NO7.C20H25NO/c1-23-8-7-11-9-14-20(29-10-28-14)21(27-4)15(11)17(23)18-12-5-6-13(25-2)19(26-3)16(12)22(24)30-18;1-4-19(22)20(15-16-21(2)3,17-11-7-5-8-12-17)18-13-9-6-10-14-18/h5-6,9,17-18H,7-8,10H2,1-4H3;5-14H,4,15-16H2,1-3H3/t17-,18+;/m1./s1. The average molecular weight is 709 g/mol. The second-order valence-electron chi connectivity index (χ2n) is 13.5. The van der Waals surface area contributed by atoms with Gasteiger partial charge in [0.2, 0.25) is 12.5 Å². The molecule has 3 heterocycles. The highest BCUT2D eigenvalue weighted by molar-refractivity contribution is 5.98. The molecule has 0 unspecified atom stereocenters. The SMILES string of the molecule is CCC(=O)C(CCN(C)C)(c1ccccc1)c1ccccc1.COc1ccc2c(c1OC)C(=O)O[C@@H]2[C@H]1c2c(cc3c(c2OC)OCO3)CCN1C. The smallest absolute Gasteiger partial charge is 0.343 e. The van der Waals surface area contributed by atoms with Crippen LogP contribution in [0.25, 0.3) is 0 Å². The third-order valence-corrected chi connectivity index (χ3v) is 10.3. The van der Waals surface area contributed by atoms with Gasteiger partial charge < -0.3 is 33.3 Å². The second-order valence-corrected chi connectivity index (χ2v) is 13.5. The van der Waals surface area contributed by atoms with Gasteiger partial charge in [0.1, 0.15) is 17.5 Å². The fraction of sp³-hybridized carbons (Fsp3) is 0.381. The van der Waals surface area contributed by atoms with Gasteiger partial charge in [-0.1, -0.05) is 73.7 Å². The van der Waals surface area contributed by atoms with Gasteiger partial charge in [-0.2, -0.15) is 0 Å². The molecule has 0 aliphatic carbocycles. The third-order valence-electron chi connectivity index (χ3n) is 10.3. The lowest BCUT2D eigenvalue weighted by atomic mass is 9.68. The lowest BCUT2D eigenvalue weighted by Gasteiger charge is -2.38. The molecule has 0 N–H and O–H groups in total. The predicted molar refractivity (Wildman–Crippen MR) is 198 cm³/mol. The van der Waals surface area contributed by atoms with Gasteiger partial charge in [0.05, 0.1) is 32.8 Å². The van der Waals surface area contributed by atoms with Crippen molar-refractivity contribution in [2.75, 3.05) is 62.4 Å². The maximum atomic E-state index is 13.0. The molecule has 3 aliphatic heterocycles. The summed E-state index contributed by atoms with van der Waals surface area (Å²) in [6.45, 7) is 3.79. The van der Waals surface area contributed by atoms with Gasteiger partial charge in [-0.3, -0.25) is 9.69 Å². The normalized spacial score (nSPS) is 17.4. The summed E-state index contributed by atoms with van der Waals surface area (Å²) in [6.07, 6.45) is 1.64. The van der Waals surface area contributed by atoms with E-state index in [0.717, 1.165) is 53.7 Å². The molecule has 0 saturated heterocycles. The first-order valence-electron chi connectivity index (χ1n) is 17.6. The summed E-state index contributed by atoms with van der Waals surface area (Å²) in [5.74, 6) is 2.64. The molecule has 0 saturated carbocycles. The number of methoxy groups -OCH3 is 3. The Hall–Kier alpha value is -5.06. The molecule has 0 amide bonds. The predicted octanol–water partition coefficient (Wildman–Crippen LogP) is 6.79. The number of carbonyl (C=O) groups excluding carboxylic acids is 2. The number of ether oxygens (including phenoxy) is 6. The number of benzene rings is 4. The van der Waals surface area contributed by atoms with Gasteiger partial charge in [-0.25, -0.2) is 4.79 Å². The Labute approximate surface area is 306 Å². The number of esters is 1. The molecule has 52 heavy (non-hydrogen) atoms. The monoisotopic (exact) mass is 708 g/mol. The first-order chi connectivity index (χ1) is 25.2. The van der Waals surface area contributed by atoms with Crippen molar-refractivity contribution in [2.24, 2.45) is 0 Å². The highest BCUT2D eigenvalue weighted by atomic mass is 16.7. The van der Waals surface area contributed by atoms with Crippen LogP contribution in [-0.4, -0.2) is 83.9 Å². The zero-order valence-corrected chi connectivity index (χ0v) is 31.1. The molecule has 2 atom stereocenters. The Morgan fingerprint density at radius 2 is 1.56 bits per heavy atom. The fourth-order valence-electron chi connectivity index (χ4n) is 7.77. The summed E-state index contributed by atoms with van der Waals surface area (Å²) in [4.78, 5) is 30.2. The van der Waals surface area contributed by atoms with Crippen molar-refractivity contribution < 1.29 is 38.0 Å². The molecular weight excluding hydrogens is 660 g/mol. The summed E-state index contributed by atoms with van der Waals surface area (Å²) >= 11 is 0.